The highest BCUT2D eigenvalue weighted by Gasteiger charge is 2.34. The lowest BCUT2D eigenvalue weighted by Crippen LogP contribution is -2.53. The summed E-state index contributed by atoms with van der Waals surface area (Å²) in [5, 5.41) is 19.2. The minimum absolute atomic E-state index is 0.0263. The predicted molar refractivity (Wildman–Crippen MR) is 130 cm³/mol. The number of rotatable bonds is 10. The Bertz CT molecular complexity index is 1010. The molecule has 9 heteroatoms. The molecule has 5 N–H and O–H groups in total. The van der Waals surface area contributed by atoms with Gasteiger partial charge in [0.1, 0.15) is 11.8 Å². The molecule has 0 spiro atoms. The summed E-state index contributed by atoms with van der Waals surface area (Å²) in [5.41, 5.74) is 8.59. The highest BCUT2D eigenvalue weighted by atomic mass is 16.3. The number of nitrogens with one attached hydrogen (secondary N) is 2. The highest BCUT2D eigenvalue weighted by Crippen LogP contribution is 2.28. The molecule has 3 amide bonds. The van der Waals surface area contributed by atoms with Gasteiger partial charge in [-0.2, -0.15) is 0 Å². The maximum atomic E-state index is 13.4. The molecule has 1 aliphatic heterocycles. The van der Waals surface area contributed by atoms with Gasteiger partial charge in [-0.05, 0) is 61.9 Å². The van der Waals surface area contributed by atoms with Crippen molar-refractivity contribution in [2.75, 3.05) is 25.0 Å². The van der Waals surface area contributed by atoms with E-state index >= 15 is 0 Å². The van der Waals surface area contributed by atoms with Gasteiger partial charge < -0.3 is 21.5 Å². The molecule has 2 atom stereocenters. The van der Waals surface area contributed by atoms with Crippen molar-refractivity contribution in [1.29, 1.82) is 0 Å². The number of hydrazine groups is 1. The maximum absolute atomic E-state index is 13.4. The molecule has 2 aromatic rings. The topological polar surface area (TPSA) is 128 Å². The fraction of sp³-hybridized carbons (Fsp3) is 0.400. The number of carbonyl (C=O) groups excluding carboxylic acids is 3. The lowest BCUT2D eigenvalue weighted by atomic mass is 10.0. The molecule has 34 heavy (non-hydrogen) atoms. The summed E-state index contributed by atoms with van der Waals surface area (Å²) in [7, 11) is 0. The van der Waals surface area contributed by atoms with Gasteiger partial charge in [0.25, 0.3) is 0 Å². The molecule has 1 unspecified atom stereocenters. The molecule has 182 valence electrons. The Hall–Kier alpha value is -3.43. The fourth-order valence-corrected chi connectivity index (χ4v) is 4.14. The molecule has 1 heterocycles. The molecule has 1 fully saturated rings. The van der Waals surface area contributed by atoms with E-state index in [-0.39, 0.29) is 24.2 Å². The van der Waals surface area contributed by atoms with Crippen molar-refractivity contribution in [2.45, 2.75) is 45.2 Å². The monoisotopic (exact) mass is 467 g/mol. The molecule has 0 aromatic heterocycles. The summed E-state index contributed by atoms with van der Waals surface area (Å²) in [6, 6.07) is 12.1. The van der Waals surface area contributed by atoms with Crippen LogP contribution in [-0.4, -0.2) is 65.1 Å². The number of aromatic hydroxyl groups is 1. The number of anilines is 1. The third-order valence-electron chi connectivity index (χ3n) is 6.19. The van der Waals surface area contributed by atoms with Gasteiger partial charge in [-0.1, -0.05) is 30.3 Å². The van der Waals surface area contributed by atoms with Crippen LogP contribution < -0.4 is 16.4 Å². The fourth-order valence-electron chi connectivity index (χ4n) is 4.14. The first-order chi connectivity index (χ1) is 16.3. The van der Waals surface area contributed by atoms with Gasteiger partial charge in [0.05, 0.1) is 12.2 Å². The third-order valence-corrected chi connectivity index (χ3v) is 6.19. The van der Waals surface area contributed by atoms with Crippen LogP contribution in [0.3, 0.4) is 0 Å². The van der Waals surface area contributed by atoms with E-state index in [1.54, 1.807) is 17.1 Å². The van der Waals surface area contributed by atoms with Crippen LogP contribution in [0.4, 0.5) is 5.69 Å². The Kier molecular flexibility index (Phi) is 8.61. The van der Waals surface area contributed by atoms with E-state index in [1.807, 2.05) is 44.2 Å². The van der Waals surface area contributed by atoms with E-state index in [2.05, 4.69) is 10.6 Å². The van der Waals surface area contributed by atoms with Crippen molar-refractivity contribution in [3.8, 4) is 5.75 Å². The number of benzene rings is 2. The minimum atomic E-state index is -0.803. The van der Waals surface area contributed by atoms with Crippen LogP contribution in [0.5, 0.6) is 5.75 Å². The van der Waals surface area contributed by atoms with E-state index < -0.39 is 11.9 Å². The minimum Gasteiger partial charge on any atom is -0.506 e. The van der Waals surface area contributed by atoms with Crippen molar-refractivity contribution >= 4 is 23.9 Å². The number of hydrogen-bond donors (Lipinski definition) is 4. The van der Waals surface area contributed by atoms with Crippen LogP contribution in [0, 0.1) is 13.8 Å². The van der Waals surface area contributed by atoms with Gasteiger partial charge in [0, 0.05) is 19.1 Å². The zero-order valence-corrected chi connectivity index (χ0v) is 19.7. The molecule has 0 bridgehead atoms. The molecule has 2 aromatic carbocycles. The Morgan fingerprint density at radius 3 is 2.62 bits per heavy atom. The number of amides is 3. The number of carbonyl (C=O) groups is 3. The first kappa shape index (κ1) is 25.2. The van der Waals surface area contributed by atoms with Crippen LogP contribution in [0.25, 0.3) is 0 Å². The van der Waals surface area contributed by atoms with E-state index in [0.717, 1.165) is 16.7 Å². The Morgan fingerprint density at radius 2 is 1.94 bits per heavy atom. The van der Waals surface area contributed by atoms with Crippen LogP contribution in [0.1, 0.15) is 29.5 Å². The van der Waals surface area contributed by atoms with Gasteiger partial charge in [-0.15, -0.1) is 0 Å². The van der Waals surface area contributed by atoms with Crippen molar-refractivity contribution in [3.63, 3.8) is 0 Å². The summed E-state index contributed by atoms with van der Waals surface area (Å²) < 4.78 is 0. The van der Waals surface area contributed by atoms with E-state index in [4.69, 9.17) is 5.73 Å². The number of aryl methyl sites for hydroxylation is 3. The lowest BCUT2D eigenvalue weighted by Gasteiger charge is -2.34. The van der Waals surface area contributed by atoms with E-state index in [1.165, 1.54) is 5.01 Å². The van der Waals surface area contributed by atoms with Crippen LogP contribution in [0.2, 0.25) is 0 Å². The van der Waals surface area contributed by atoms with Gasteiger partial charge in [-0.3, -0.25) is 19.4 Å². The van der Waals surface area contributed by atoms with Gasteiger partial charge in [0.15, 0.2) is 0 Å². The summed E-state index contributed by atoms with van der Waals surface area (Å²) in [6.07, 6.45) is 2.27. The third kappa shape index (κ3) is 6.33. The number of nitrogens with zero attached hydrogens (tertiary/aromatic N) is 2. The van der Waals surface area contributed by atoms with Gasteiger partial charge in [0.2, 0.25) is 18.2 Å². The molecule has 0 saturated carbocycles. The number of nitrogens with two attached hydrogens (primary N) is 1. The summed E-state index contributed by atoms with van der Waals surface area (Å²) >= 11 is 0. The highest BCUT2D eigenvalue weighted by molar-refractivity contribution is 5.97. The van der Waals surface area contributed by atoms with Crippen LogP contribution in [-0.2, 0) is 20.8 Å². The average molecular weight is 468 g/mol. The smallest absolute Gasteiger partial charge is 0.248 e. The van der Waals surface area contributed by atoms with Crippen molar-refractivity contribution in [2.24, 2.45) is 5.73 Å². The molecule has 9 nitrogen and oxygen atoms in total. The SMILES string of the molecule is Cc1cc(O)c(NC(=O)C(CCc2ccccc2)N(C=O)N2CC[C@@H](NC(=O)CN)C2)cc1C. The molecule has 0 radical (unpaired) electrons. The molecule has 1 saturated heterocycles. The predicted octanol–water partition coefficient (Wildman–Crippen LogP) is 1.47. The quantitative estimate of drug-likeness (QED) is 0.310. The Morgan fingerprint density at radius 1 is 1.24 bits per heavy atom. The van der Waals surface area contributed by atoms with Crippen LogP contribution in [0.15, 0.2) is 42.5 Å². The molecular weight excluding hydrogens is 434 g/mol. The molecule has 0 aliphatic carbocycles. The maximum Gasteiger partial charge on any atom is 0.248 e. The second-order valence-electron chi connectivity index (χ2n) is 8.64. The number of phenols is 1. The average Bonchev–Trinajstić information content (AvgIpc) is 3.28. The largest absolute Gasteiger partial charge is 0.506 e. The van der Waals surface area contributed by atoms with E-state index in [9.17, 15) is 19.5 Å². The summed E-state index contributed by atoms with van der Waals surface area (Å²) in [4.78, 5) is 37.3. The zero-order chi connectivity index (χ0) is 24.7. The number of hydrogen-bond acceptors (Lipinski definition) is 6. The van der Waals surface area contributed by atoms with Crippen molar-refractivity contribution in [1.82, 2.24) is 15.3 Å². The normalized spacial score (nSPS) is 16.6. The lowest BCUT2D eigenvalue weighted by molar-refractivity contribution is -0.146. The standard InChI is InChI=1S/C25H33N5O4/c1-17-12-21(23(32)13-18(17)2)28-25(34)22(9-8-19-6-4-3-5-7-19)30(16-31)29-11-10-20(15-29)27-24(33)14-26/h3-7,12-13,16,20,22,32H,8-11,14-15,26H2,1-2H3,(H,27,33)(H,28,34)/t20-,22?/m1/s1. The van der Waals surface area contributed by atoms with Gasteiger partial charge >= 0.3 is 0 Å². The van der Waals surface area contributed by atoms with E-state index in [0.29, 0.717) is 44.4 Å². The first-order valence-electron chi connectivity index (χ1n) is 11.4. The van der Waals surface area contributed by atoms with Crippen molar-refractivity contribution in [3.05, 3.63) is 59.2 Å². The summed E-state index contributed by atoms with van der Waals surface area (Å²) in [5.74, 6) is -0.675. The first-order valence-corrected chi connectivity index (χ1v) is 11.4. The Balaban J connectivity index is 1.80. The zero-order valence-electron chi connectivity index (χ0n) is 19.7. The van der Waals surface area contributed by atoms with Crippen molar-refractivity contribution < 1.29 is 19.5 Å². The second kappa shape index (κ2) is 11.6. The molecular formula is C25H33N5O4. The second-order valence-corrected chi connectivity index (χ2v) is 8.64. The molecule has 3 rings (SSSR count). The Labute approximate surface area is 199 Å². The van der Waals surface area contributed by atoms with Gasteiger partial charge in [-0.25, -0.2) is 5.01 Å². The van der Waals surface area contributed by atoms with Crippen LogP contribution >= 0.6 is 0 Å². The number of phenolic OH excluding ortho intramolecular Hbond substituents is 1. The molecule has 1 aliphatic rings. The summed E-state index contributed by atoms with van der Waals surface area (Å²) in [6.45, 7) is 4.59.